The molecule has 1 aliphatic carbocycles. The number of nitrogens with one attached hydrogen (secondary N) is 1. The Morgan fingerprint density at radius 3 is 2.60 bits per heavy atom. The van der Waals surface area contributed by atoms with Gasteiger partial charge in [0.2, 0.25) is 0 Å². The highest BCUT2D eigenvalue weighted by Gasteiger charge is 2.29. The van der Waals surface area contributed by atoms with Crippen LogP contribution >= 0.6 is 0 Å². The molecular formula is C21H27N3O. The van der Waals surface area contributed by atoms with Crippen molar-refractivity contribution in [3.05, 3.63) is 59.3 Å². The van der Waals surface area contributed by atoms with Crippen LogP contribution < -0.4 is 10.2 Å². The first-order chi connectivity index (χ1) is 12.3. The lowest BCUT2D eigenvalue weighted by molar-refractivity contribution is 0.122. The van der Waals surface area contributed by atoms with E-state index in [1.807, 2.05) is 0 Å². The Morgan fingerprint density at radius 1 is 1.08 bits per heavy atom. The molecule has 2 fully saturated rings. The van der Waals surface area contributed by atoms with Gasteiger partial charge in [-0.3, -0.25) is 0 Å². The highest BCUT2D eigenvalue weighted by Crippen LogP contribution is 2.37. The minimum atomic E-state index is 0.611. The van der Waals surface area contributed by atoms with E-state index in [0.717, 1.165) is 44.4 Å². The Hall–Kier alpha value is -1.91. The molecule has 4 nitrogen and oxygen atoms in total. The number of benzene rings is 1. The zero-order valence-corrected chi connectivity index (χ0v) is 14.9. The molecule has 0 amide bonds. The van der Waals surface area contributed by atoms with Crippen molar-refractivity contribution in [2.24, 2.45) is 0 Å². The number of aromatic nitrogens is 1. The summed E-state index contributed by atoms with van der Waals surface area (Å²) in [5.74, 6) is 1.79. The molecule has 2 aliphatic rings. The summed E-state index contributed by atoms with van der Waals surface area (Å²) in [7, 11) is 0. The predicted molar refractivity (Wildman–Crippen MR) is 101 cm³/mol. The van der Waals surface area contributed by atoms with E-state index in [2.05, 4.69) is 59.6 Å². The van der Waals surface area contributed by atoms with Gasteiger partial charge in [0.05, 0.1) is 18.9 Å². The highest BCUT2D eigenvalue weighted by atomic mass is 16.5. The summed E-state index contributed by atoms with van der Waals surface area (Å²) < 4.78 is 5.42. The number of hydrogen-bond acceptors (Lipinski definition) is 4. The molecule has 0 radical (unpaired) electrons. The van der Waals surface area contributed by atoms with Gasteiger partial charge in [-0.05, 0) is 43.4 Å². The Morgan fingerprint density at radius 2 is 1.84 bits per heavy atom. The Balaban J connectivity index is 1.27. The highest BCUT2D eigenvalue weighted by molar-refractivity contribution is 5.39. The van der Waals surface area contributed by atoms with Gasteiger partial charge in [-0.2, -0.15) is 0 Å². The molecule has 1 aromatic heterocycles. The van der Waals surface area contributed by atoms with E-state index >= 15 is 0 Å². The van der Waals surface area contributed by atoms with Crippen LogP contribution in [-0.4, -0.2) is 37.3 Å². The Kier molecular flexibility index (Phi) is 4.99. The summed E-state index contributed by atoms with van der Waals surface area (Å²) in [6.07, 6.45) is 2.46. The number of anilines is 1. The first kappa shape index (κ1) is 16.6. The predicted octanol–water partition coefficient (Wildman–Crippen LogP) is 3.26. The molecule has 2 heterocycles. The lowest BCUT2D eigenvalue weighted by Crippen LogP contribution is -2.40. The Labute approximate surface area is 150 Å². The average molecular weight is 337 g/mol. The molecule has 4 rings (SSSR count). The second kappa shape index (κ2) is 7.54. The molecule has 0 bridgehead atoms. The average Bonchev–Trinajstić information content (AvgIpc) is 2.63. The Bertz CT molecular complexity index is 689. The summed E-state index contributed by atoms with van der Waals surface area (Å²) in [6, 6.07) is 15.9. The maximum absolute atomic E-state index is 5.42. The first-order valence-electron chi connectivity index (χ1n) is 9.36. The van der Waals surface area contributed by atoms with Gasteiger partial charge in [0.15, 0.2) is 0 Å². The third-order valence-electron chi connectivity index (χ3n) is 5.39. The molecular weight excluding hydrogens is 310 g/mol. The van der Waals surface area contributed by atoms with E-state index in [1.54, 1.807) is 0 Å². The van der Waals surface area contributed by atoms with Gasteiger partial charge in [-0.1, -0.05) is 35.9 Å². The van der Waals surface area contributed by atoms with E-state index in [0.29, 0.717) is 12.0 Å². The van der Waals surface area contributed by atoms with Gasteiger partial charge in [-0.15, -0.1) is 0 Å². The van der Waals surface area contributed by atoms with Crippen molar-refractivity contribution in [2.45, 2.75) is 38.3 Å². The second-order valence-electron chi connectivity index (χ2n) is 7.24. The van der Waals surface area contributed by atoms with Crippen LogP contribution in [0.15, 0.2) is 42.5 Å². The number of ether oxygens (including phenoxy) is 1. The van der Waals surface area contributed by atoms with Crippen molar-refractivity contribution in [1.29, 1.82) is 0 Å². The maximum atomic E-state index is 5.42. The minimum Gasteiger partial charge on any atom is -0.378 e. The van der Waals surface area contributed by atoms with Crippen LogP contribution in [0.3, 0.4) is 0 Å². The summed E-state index contributed by atoms with van der Waals surface area (Å²) in [4.78, 5) is 7.13. The summed E-state index contributed by atoms with van der Waals surface area (Å²) in [5.41, 5.74) is 3.95. The zero-order chi connectivity index (χ0) is 17.1. The standard InChI is InChI=1S/C21H27N3O/c1-16-5-7-17(8-6-16)18-13-20(14-18)22-15-19-3-2-4-21(23-19)24-9-11-25-12-10-24/h2-8,18,20,22H,9-15H2,1H3. The van der Waals surface area contributed by atoms with Crippen LogP contribution in [0.1, 0.15) is 35.6 Å². The van der Waals surface area contributed by atoms with Crippen LogP contribution in [0.2, 0.25) is 0 Å². The normalized spacial score (nSPS) is 23.3. The van der Waals surface area contributed by atoms with Crippen molar-refractivity contribution >= 4 is 5.82 Å². The number of aryl methyl sites for hydroxylation is 1. The van der Waals surface area contributed by atoms with Crippen LogP contribution in [0.5, 0.6) is 0 Å². The number of nitrogens with zero attached hydrogens (tertiary/aromatic N) is 2. The fraction of sp³-hybridized carbons (Fsp3) is 0.476. The quantitative estimate of drug-likeness (QED) is 0.909. The van der Waals surface area contributed by atoms with Gasteiger partial charge >= 0.3 is 0 Å². The third kappa shape index (κ3) is 4.02. The van der Waals surface area contributed by atoms with Gasteiger partial charge < -0.3 is 15.0 Å². The van der Waals surface area contributed by atoms with Gasteiger partial charge in [0.25, 0.3) is 0 Å². The minimum absolute atomic E-state index is 0.611. The van der Waals surface area contributed by atoms with E-state index in [-0.39, 0.29) is 0 Å². The summed E-state index contributed by atoms with van der Waals surface area (Å²) >= 11 is 0. The molecule has 0 atom stereocenters. The smallest absolute Gasteiger partial charge is 0.129 e. The summed E-state index contributed by atoms with van der Waals surface area (Å²) in [6.45, 7) is 6.46. The topological polar surface area (TPSA) is 37.4 Å². The molecule has 4 heteroatoms. The molecule has 0 spiro atoms. The maximum Gasteiger partial charge on any atom is 0.129 e. The fourth-order valence-corrected chi connectivity index (χ4v) is 3.68. The van der Waals surface area contributed by atoms with Gasteiger partial charge in [-0.25, -0.2) is 4.98 Å². The van der Waals surface area contributed by atoms with Crippen LogP contribution in [-0.2, 0) is 11.3 Å². The number of rotatable bonds is 5. The van der Waals surface area contributed by atoms with Gasteiger partial charge in [0, 0.05) is 25.7 Å². The molecule has 0 unspecified atom stereocenters. The van der Waals surface area contributed by atoms with Crippen LogP contribution in [0.4, 0.5) is 5.82 Å². The molecule has 1 N–H and O–H groups in total. The summed E-state index contributed by atoms with van der Waals surface area (Å²) in [5, 5.41) is 3.67. The zero-order valence-electron chi connectivity index (χ0n) is 14.9. The lowest BCUT2D eigenvalue weighted by Gasteiger charge is -2.36. The molecule has 1 saturated carbocycles. The molecule has 1 aliphatic heterocycles. The van der Waals surface area contributed by atoms with Crippen LogP contribution in [0.25, 0.3) is 0 Å². The molecule has 1 aromatic carbocycles. The molecule has 132 valence electrons. The second-order valence-corrected chi connectivity index (χ2v) is 7.24. The first-order valence-corrected chi connectivity index (χ1v) is 9.36. The van der Waals surface area contributed by atoms with Gasteiger partial charge in [0.1, 0.15) is 5.82 Å². The van der Waals surface area contributed by atoms with E-state index < -0.39 is 0 Å². The van der Waals surface area contributed by atoms with E-state index in [1.165, 1.54) is 24.0 Å². The number of pyridine rings is 1. The van der Waals surface area contributed by atoms with Crippen molar-refractivity contribution in [3.8, 4) is 0 Å². The van der Waals surface area contributed by atoms with Crippen molar-refractivity contribution < 1.29 is 4.74 Å². The van der Waals surface area contributed by atoms with E-state index in [4.69, 9.17) is 9.72 Å². The van der Waals surface area contributed by atoms with E-state index in [9.17, 15) is 0 Å². The van der Waals surface area contributed by atoms with Crippen LogP contribution in [0, 0.1) is 6.92 Å². The van der Waals surface area contributed by atoms with Crippen molar-refractivity contribution in [1.82, 2.24) is 10.3 Å². The number of hydrogen-bond donors (Lipinski definition) is 1. The monoisotopic (exact) mass is 337 g/mol. The molecule has 1 saturated heterocycles. The molecule has 2 aromatic rings. The lowest BCUT2D eigenvalue weighted by atomic mass is 9.76. The fourth-order valence-electron chi connectivity index (χ4n) is 3.68. The van der Waals surface area contributed by atoms with Crippen molar-refractivity contribution in [3.63, 3.8) is 0 Å². The SMILES string of the molecule is Cc1ccc(C2CC(NCc3cccc(N4CCOCC4)n3)C2)cc1. The largest absolute Gasteiger partial charge is 0.378 e. The van der Waals surface area contributed by atoms with Crippen molar-refractivity contribution in [2.75, 3.05) is 31.2 Å². The molecule has 25 heavy (non-hydrogen) atoms. The third-order valence-corrected chi connectivity index (χ3v) is 5.39. The number of morpholine rings is 1.